The first-order valence-electron chi connectivity index (χ1n) is 2.39. The Hall–Kier alpha value is -0.0604. The molecule has 0 saturated carbocycles. The van der Waals surface area contributed by atoms with Crippen LogP contribution in [0.2, 0.25) is 0 Å². The van der Waals surface area contributed by atoms with E-state index in [1.165, 1.54) is 5.56 Å². The van der Waals surface area contributed by atoms with E-state index in [1.807, 2.05) is 34.6 Å². The second-order valence-electron chi connectivity index (χ2n) is 1.63. The summed E-state index contributed by atoms with van der Waals surface area (Å²) in [4.78, 5) is 4.08. The summed E-state index contributed by atoms with van der Waals surface area (Å²) in [5.74, 6) is 0. The Labute approximate surface area is 62.0 Å². The average Bonchev–Trinajstić information content (AvgIpc) is 1.77. The minimum atomic E-state index is 1.13. The van der Waals surface area contributed by atoms with Gasteiger partial charge in [0.05, 0.1) is 0 Å². The summed E-state index contributed by atoms with van der Waals surface area (Å²) in [5, 5.41) is 0. The van der Waals surface area contributed by atoms with Crippen LogP contribution < -0.4 is 3.74 Å². The molecule has 2 heteroatoms. The van der Waals surface area contributed by atoms with Crippen LogP contribution in [-0.4, -0.2) is 27.3 Å². The van der Waals surface area contributed by atoms with Gasteiger partial charge in [-0.2, -0.15) is 0 Å². The molecule has 41 valence electrons. The van der Waals surface area contributed by atoms with Gasteiger partial charge in [0.1, 0.15) is 0 Å². The van der Waals surface area contributed by atoms with Crippen LogP contribution in [-0.2, 0) is 0 Å². The van der Waals surface area contributed by atoms with Crippen LogP contribution in [0.4, 0.5) is 0 Å². The Bertz CT molecular complexity index is 165. The van der Waals surface area contributed by atoms with Crippen LogP contribution >= 0.6 is 0 Å². The maximum absolute atomic E-state index is 4.08. The molecule has 0 saturated heterocycles. The first kappa shape index (κ1) is 6.07. The fraction of sp³-hybridized carbons (Fsp3) is 0.167. The zero-order chi connectivity index (χ0) is 5.98. The van der Waals surface area contributed by atoms with E-state index in [0.717, 1.165) is 3.74 Å². The van der Waals surface area contributed by atoms with Crippen molar-refractivity contribution in [1.82, 2.24) is 4.98 Å². The van der Waals surface area contributed by atoms with Gasteiger partial charge in [0.15, 0.2) is 0 Å². The summed E-state index contributed by atoms with van der Waals surface area (Å²) in [6.07, 6.45) is 1.81. The molecular weight excluding hydrogens is 214 g/mol. The SMILES string of the molecule is Cc1cccnc1[Te]. The van der Waals surface area contributed by atoms with Gasteiger partial charge >= 0.3 is 61.8 Å². The molecule has 0 aliphatic heterocycles. The Morgan fingerprint density at radius 3 is 2.75 bits per heavy atom. The van der Waals surface area contributed by atoms with Gasteiger partial charge in [0.25, 0.3) is 0 Å². The molecule has 0 bridgehead atoms. The molecule has 1 aromatic heterocycles. The first-order chi connectivity index (χ1) is 3.80. The van der Waals surface area contributed by atoms with Crippen molar-refractivity contribution in [2.24, 2.45) is 0 Å². The van der Waals surface area contributed by atoms with Crippen molar-refractivity contribution in [3.8, 4) is 0 Å². The second-order valence-corrected chi connectivity index (χ2v) is 2.73. The Morgan fingerprint density at radius 2 is 2.38 bits per heavy atom. The maximum atomic E-state index is 4.08. The van der Waals surface area contributed by atoms with Crippen molar-refractivity contribution in [3.63, 3.8) is 0 Å². The quantitative estimate of drug-likeness (QED) is 0.568. The van der Waals surface area contributed by atoms with E-state index in [9.17, 15) is 0 Å². The Balaban J connectivity index is 3.13. The van der Waals surface area contributed by atoms with Crippen molar-refractivity contribution in [3.05, 3.63) is 23.9 Å². The van der Waals surface area contributed by atoms with Crippen LogP contribution in [0.5, 0.6) is 0 Å². The molecule has 1 rings (SSSR count). The molecule has 0 aliphatic carbocycles. The first-order valence-corrected chi connectivity index (χ1v) is 3.56. The molecule has 0 aliphatic rings. The van der Waals surface area contributed by atoms with Crippen LogP contribution in [0, 0.1) is 6.92 Å². The van der Waals surface area contributed by atoms with Gasteiger partial charge in [0, 0.05) is 0 Å². The normalized spacial score (nSPS) is 9.12. The minimum absolute atomic E-state index is 1.13. The predicted octanol–water partition coefficient (Wildman–Crippen LogP) is 0.184. The molecule has 0 amide bonds. The van der Waals surface area contributed by atoms with E-state index in [-0.39, 0.29) is 0 Å². The summed E-state index contributed by atoms with van der Waals surface area (Å²) in [6.45, 7) is 2.06. The van der Waals surface area contributed by atoms with E-state index in [1.54, 1.807) is 0 Å². The number of hydrogen-bond acceptors (Lipinski definition) is 1. The number of aromatic nitrogens is 1. The van der Waals surface area contributed by atoms with E-state index < -0.39 is 0 Å². The van der Waals surface area contributed by atoms with E-state index in [0.29, 0.717) is 0 Å². The standard InChI is InChI=1S/C6H6NTe/c1-5-3-2-4-7-6(5)8/h2-4H,1H3. The second kappa shape index (κ2) is 2.48. The van der Waals surface area contributed by atoms with Gasteiger partial charge in [-0.15, -0.1) is 0 Å². The average molecular weight is 220 g/mol. The molecule has 0 spiro atoms. The van der Waals surface area contributed by atoms with Gasteiger partial charge in [-0.1, -0.05) is 0 Å². The molecule has 8 heavy (non-hydrogen) atoms. The van der Waals surface area contributed by atoms with Gasteiger partial charge < -0.3 is 0 Å². The van der Waals surface area contributed by atoms with Crippen LogP contribution in [0.15, 0.2) is 18.3 Å². The van der Waals surface area contributed by atoms with Crippen molar-refractivity contribution in [1.29, 1.82) is 0 Å². The number of hydrogen-bond donors (Lipinski definition) is 0. The summed E-state index contributed by atoms with van der Waals surface area (Å²) in [6, 6.07) is 4.01. The molecular formula is C6H6NTe. The van der Waals surface area contributed by atoms with Crippen LogP contribution in [0.3, 0.4) is 0 Å². The summed E-state index contributed by atoms with van der Waals surface area (Å²) in [7, 11) is 0. The zero-order valence-corrected chi connectivity index (χ0v) is 6.92. The predicted molar refractivity (Wildman–Crippen MR) is 34.4 cm³/mol. The topological polar surface area (TPSA) is 12.9 Å². The third kappa shape index (κ3) is 1.21. The Kier molecular flexibility index (Phi) is 1.88. The van der Waals surface area contributed by atoms with E-state index >= 15 is 0 Å². The fourth-order valence-electron chi connectivity index (χ4n) is 0.471. The van der Waals surface area contributed by atoms with Crippen molar-refractivity contribution < 1.29 is 0 Å². The molecule has 0 fully saturated rings. The number of nitrogens with zero attached hydrogens (tertiary/aromatic N) is 1. The third-order valence-electron chi connectivity index (χ3n) is 0.961. The summed E-state index contributed by atoms with van der Waals surface area (Å²) in [5.41, 5.74) is 1.26. The van der Waals surface area contributed by atoms with E-state index in [2.05, 4.69) is 18.0 Å². The molecule has 0 unspecified atom stereocenters. The molecule has 1 radical (unpaired) electrons. The summed E-state index contributed by atoms with van der Waals surface area (Å²) >= 11 is 1.94. The van der Waals surface area contributed by atoms with Gasteiger partial charge in [-0.05, 0) is 0 Å². The Morgan fingerprint density at radius 1 is 1.62 bits per heavy atom. The third-order valence-corrected chi connectivity index (χ3v) is 2.18. The van der Waals surface area contributed by atoms with Crippen LogP contribution in [0.1, 0.15) is 5.56 Å². The molecule has 0 atom stereocenters. The molecule has 0 N–H and O–H groups in total. The molecule has 1 heterocycles. The molecule has 1 aromatic rings. The van der Waals surface area contributed by atoms with E-state index in [4.69, 9.17) is 0 Å². The number of rotatable bonds is 0. The summed E-state index contributed by atoms with van der Waals surface area (Å²) < 4.78 is 1.13. The van der Waals surface area contributed by atoms with Gasteiger partial charge in [0.2, 0.25) is 0 Å². The van der Waals surface area contributed by atoms with Crippen molar-refractivity contribution in [2.45, 2.75) is 6.92 Å². The van der Waals surface area contributed by atoms with Crippen molar-refractivity contribution in [2.75, 3.05) is 0 Å². The fourth-order valence-corrected chi connectivity index (χ4v) is 0.839. The van der Waals surface area contributed by atoms with Crippen molar-refractivity contribution >= 4 is 26.0 Å². The number of aryl methyl sites for hydroxylation is 1. The number of pyridine rings is 1. The zero-order valence-electron chi connectivity index (χ0n) is 4.59. The van der Waals surface area contributed by atoms with Crippen LogP contribution in [0.25, 0.3) is 0 Å². The molecule has 0 aromatic carbocycles. The monoisotopic (exact) mass is 222 g/mol. The molecule has 1 nitrogen and oxygen atoms in total. The van der Waals surface area contributed by atoms with Gasteiger partial charge in [-0.3, -0.25) is 0 Å². The van der Waals surface area contributed by atoms with Gasteiger partial charge in [-0.25, -0.2) is 0 Å².